The zero-order valence-electron chi connectivity index (χ0n) is 13.8. The SMILES string of the molecule is CC(C)(C)OC(=O)N1CCCC(C(=O)N2CCC(=O)CC2)C1. The number of hydrogen-bond acceptors (Lipinski definition) is 4. The first-order chi connectivity index (χ1) is 10.3. The van der Waals surface area contributed by atoms with Crippen molar-refractivity contribution in [3.8, 4) is 0 Å². The number of ether oxygens (including phenoxy) is 1. The molecule has 2 fully saturated rings. The molecule has 124 valence electrons. The van der Waals surface area contributed by atoms with Gasteiger partial charge in [0.1, 0.15) is 11.4 Å². The van der Waals surface area contributed by atoms with Crippen molar-refractivity contribution >= 4 is 17.8 Å². The zero-order chi connectivity index (χ0) is 16.3. The number of carbonyl (C=O) groups excluding carboxylic acids is 3. The minimum Gasteiger partial charge on any atom is -0.444 e. The maximum absolute atomic E-state index is 12.5. The van der Waals surface area contributed by atoms with Crippen LogP contribution in [-0.2, 0) is 14.3 Å². The highest BCUT2D eigenvalue weighted by molar-refractivity contribution is 5.84. The molecule has 2 aliphatic rings. The van der Waals surface area contributed by atoms with Gasteiger partial charge in [-0.05, 0) is 33.6 Å². The largest absolute Gasteiger partial charge is 0.444 e. The summed E-state index contributed by atoms with van der Waals surface area (Å²) in [6, 6.07) is 0. The number of ketones is 1. The van der Waals surface area contributed by atoms with Crippen LogP contribution in [0.1, 0.15) is 46.5 Å². The van der Waals surface area contributed by atoms with E-state index in [1.54, 1.807) is 9.80 Å². The number of nitrogens with zero attached hydrogens (tertiary/aromatic N) is 2. The lowest BCUT2D eigenvalue weighted by Gasteiger charge is -2.36. The van der Waals surface area contributed by atoms with Crippen LogP contribution in [-0.4, -0.2) is 59.4 Å². The lowest BCUT2D eigenvalue weighted by Crippen LogP contribution is -2.49. The lowest BCUT2D eigenvalue weighted by molar-refractivity contribution is -0.139. The third-order valence-electron chi connectivity index (χ3n) is 4.06. The van der Waals surface area contributed by atoms with Gasteiger partial charge in [-0.25, -0.2) is 4.79 Å². The van der Waals surface area contributed by atoms with Crippen molar-refractivity contribution < 1.29 is 19.1 Å². The second-order valence-corrected chi connectivity index (χ2v) is 7.13. The number of rotatable bonds is 1. The van der Waals surface area contributed by atoms with Crippen LogP contribution in [0.5, 0.6) is 0 Å². The molecule has 0 aromatic rings. The maximum Gasteiger partial charge on any atom is 0.410 e. The van der Waals surface area contributed by atoms with Crippen LogP contribution in [0.2, 0.25) is 0 Å². The molecule has 0 saturated carbocycles. The molecule has 2 saturated heterocycles. The van der Waals surface area contributed by atoms with Crippen molar-refractivity contribution in [3.63, 3.8) is 0 Å². The molecule has 0 bridgehead atoms. The first-order valence-electron chi connectivity index (χ1n) is 8.05. The molecule has 0 aliphatic carbocycles. The fraction of sp³-hybridized carbons (Fsp3) is 0.812. The molecule has 2 aliphatic heterocycles. The first kappa shape index (κ1) is 16.8. The van der Waals surface area contributed by atoms with Gasteiger partial charge in [-0.15, -0.1) is 0 Å². The van der Waals surface area contributed by atoms with E-state index in [1.165, 1.54) is 0 Å². The summed E-state index contributed by atoms with van der Waals surface area (Å²) in [6.45, 7) is 7.59. The van der Waals surface area contributed by atoms with Gasteiger partial charge in [0.25, 0.3) is 0 Å². The van der Waals surface area contributed by atoms with Gasteiger partial charge in [0, 0.05) is 39.0 Å². The number of likely N-dealkylation sites (tertiary alicyclic amines) is 2. The molecule has 0 aromatic heterocycles. The number of hydrogen-bond donors (Lipinski definition) is 0. The molecule has 6 nitrogen and oxygen atoms in total. The van der Waals surface area contributed by atoms with E-state index in [9.17, 15) is 14.4 Å². The summed E-state index contributed by atoms with van der Waals surface area (Å²) in [5.41, 5.74) is -0.527. The summed E-state index contributed by atoms with van der Waals surface area (Å²) in [4.78, 5) is 39.4. The molecule has 2 amide bonds. The quantitative estimate of drug-likeness (QED) is 0.741. The van der Waals surface area contributed by atoms with E-state index in [0.717, 1.165) is 12.8 Å². The fourth-order valence-corrected chi connectivity index (χ4v) is 2.91. The topological polar surface area (TPSA) is 66.9 Å². The van der Waals surface area contributed by atoms with Gasteiger partial charge in [-0.1, -0.05) is 0 Å². The minimum atomic E-state index is -0.527. The third kappa shape index (κ3) is 4.45. The number of Topliss-reactive ketones (excluding diaryl/α,β-unsaturated/α-hetero) is 1. The van der Waals surface area contributed by atoms with Gasteiger partial charge in [0.15, 0.2) is 0 Å². The zero-order valence-corrected chi connectivity index (χ0v) is 13.8. The Morgan fingerprint density at radius 3 is 2.32 bits per heavy atom. The highest BCUT2D eigenvalue weighted by Gasteiger charge is 2.34. The van der Waals surface area contributed by atoms with Gasteiger partial charge in [-0.3, -0.25) is 9.59 Å². The average molecular weight is 310 g/mol. The fourth-order valence-electron chi connectivity index (χ4n) is 2.91. The van der Waals surface area contributed by atoms with E-state index < -0.39 is 5.60 Å². The van der Waals surface area contributed by atoms with E-state index in [1.807, 2.05) is 20.8 Å². The normalized spacial score (nSPS) is 23.4. The molecule has 0 spiro atoms. The summed E-state index contributed by atoms with van der Waals surface area (Å²) in [6.07, 6.45) is 2.16. The molecule has 1 atom stereocenters. The summed E-state index contributed by atoms with van der Waals surface area (Å²) >= 11 is 0. The predicted molar refractivity (Wildman–Crippen MR) is 81.4 cm³/mol. The molecule has 0 N–H and O–H groups in total. The van der Waals surface area contributed by atoms with Crippen molar-refractivity contribution in [2.75, 3.05) is 26.2 Å². The highest BCUT2D eigenvalue weighted by atomic mass is 16.6. The molecule has 0 radical (unpaired) electrons. The van der Waals surface area contributed by atoms with Crippen LogP contribution in [0, 0.1) is 5.92 Å². The van der Waals surface area contributed by atoms with Crippen molar-refractivity contribution in [1.29, 1.82) is 0 Å². The second kappa shape index (κ2) is 6.67. The Balaban J connectivity index is 1.91. The Morgan fingerprint density at radius 1 is 1.09 bits per heavy atom. The predicted octanol–water partition coefficient (Wildman–Crippen LogP) is 1.83. The molecule has 22 heavy (non-hydrogen) atoms. The Bertz CT molecular complexity index is 446. The van der Waals surface area contributed by atoms with Crippen LogP contribution < -0.4 is 0 Å². The second-order valence-electron chi connectivity index (χ2n) is 7.13. The standard InChI is InChI=1S/C16H26N2O4/c1-16(2,3)22-15(21)18-8-4-5-12(11-18)14(20)17-9-6-13(19)7-10-17/h12H,4-11H2,1-3H3. The van der Waals surface area contributed by atoms with E-state index >= 15 is 0 Å². The Morgan fingerprint density at radius 2 is 1.73 bits per heavy atom. The lowest BCUT2D eigenvalue weighted by atomic mass is 9.95. The van der Waals surface area contributed by atoms with Gasteiger partial charge < -0.3 is 14.5 Å². The van der Waals surface area contributed by atoms with Gasteiger partial charge in [0.2, 0.25) is 5.91 Å². The van der Waals surface area contributed by atoms with E-state index in [2.05, 4.69) is 0 Å². The monoisotopic (exact) mass is 310 g/mol. The van der Waals surface area contributed by atoms with Crippen molar-refractivity contribution in [2.45, 2.75) is 52.1 Å². The molecule has 6 heteroatoms. The van der Waals surface area contributed by atoms with Gasteiger partial charge in [-0.2, -0.15) is 0 Å². The first-order valence-corrected chi connectivity index (χ1v) is 8.05. The van der Waals surface area contributed by atoms with Crippen LogP contribution in [0.3, 0.4) is 0 Å². The Kier molecular flexibility index (Phi) is 5.08. The Hall–Kier alpha value is -1.59. The number of piperidine rings is 2. The van der Waals surface area contributed by atoms with Gasteiger partial charge in [0.05, 0.1) is 5.92 Å². The molecule has 2 rings (SSSR count). The minimum absolute atomic E-state index is 0.0701. The van der Waals surface area contributed by atoms with Crippen LogP contribution in [0.4, 0.5) is 4.79 Å². The van der Waals surface area contributed by atoms with E-state index in [4.69, 9.17) is 4.74 Å². The number of amides is 2. The summed E-state index contributed by atoms with van der Waals surface area (Å²) in [5.74, 6) is 0.123. The van der Waals surface area contributed by atoms with Crippen molar-refractivity contribution in [2.24, 2.45) is 5.92 Å². The molecular weight excluding hydrogens is 284 g/mol. The van der Waals surface area contributed by atoms with Crippen molar-refractivity contribution in [3.05, 3.63) is 0 Å². The highest BCUT2D eigenvalue weighted by Crippen LogP contribution is 2.22. The van der Waals surface area contributed by atoms with Crippen molar-refractivity contribution in [1.82, 2.24) is 9.80 Å². The summed E-state index contributed by atoms with van der Waals surface area (Å²) in [7, 11) is 0. The number of carbonyl (C=O) groups is 3. The molecule has 0 aromatic carbocycles. The van der Waals surface area contributed by atoms with Gasteiger partial charge >= 0.3 is 6.09 Å². The van der Waals surface area contributed by atoms with Crippen LogP contribution in [0.25, 0.3) is 0 Å². The van der Waals surface area contributed by atoms with E-state index in [-0.39, 0.29) is 23.7 Å². The summed E-state index contributed by atoms with van der Waals surface area (Å²) in [5, 5.41) is 0. The third-order valence-corrected chi connectivity index (χ3v) is 4.06. The van der Waals surface area contributed by atoms with Crippen LogP contribution in [0.15, 0.2) is 0 Å². The molecule has 1 unspecified atom stereocenters. The maximum atomic E-state index is 12.5. The molecule has 2 heterocycles. The summed E-state index contributed by atoms with van der Waals surface area (Å²) < 4.78 is 5.38. The van der Waals surface area contributed by atoms with E-state index in [0.29, 0.717) is 39.0 Å². The van der Waals surface area contributed by atoms with Crippen LogP contribution >= 0.6 is 0 Å². The Labute approximate surface area is 131 Å². The average Bonchev–Trinajstić information content (AvgIpc) is 2.46. The molecular formula is C16H26N2O4. The smallest absolute Gasteiger partial charge is 0.410 e.